The Morgan fingerprint density at radius 3 is 2.00 bits per heavy atom. The summed E-state index contributed by atoms with van der Waals surface area (Å²) in [5.41, 5.74) is 5.07. The number of hydrogen-bond donors (Lipinski definition) is 2. The van der Waals surface area contributed by atoms with E-state index in [1.54, 1.807) is 0 Å². The highest BCUT2D eigenvalue weighted by molar-refractivity contribution is 5.98. The van der Waals surface area contributed by atoms with Crippen LogP contribution in [0.3, 0.4) is 0 Å². The summed E-state index contributed by atoms with van der Waals surface area (Å²) in [7, 11) is 0. The van der Waals surface area contributed by atoms with Crippen molar-refractivity contribution in [2.24, 2.45) is 0 Å². The standard InChI is InChI=1S/C25H23N3O/c1-18-13-14-23(15-19(18)2)27-17-22(16-26)25(29)28-24(20-9-5-3-6-10-20)21-11-7-4-8-12-21/h3-15,17,24,27H,1-2H3,(H,28,29)/b22-17-. The lowest BCUT2D eigenvalue weighted by molar-refractivity contribution is -0.117. The maximum atomic E-state index is 12.8. The summed E-state index contributed by atoms with van der Waals surface area (Å²) in [6.07, 6.45) is 1.45. The summed E-state index contributed by atoms with van der Waals surface area (Å²) in [5, 5.41) is 15.5. The molecule has 0 bridgehead atoms. The first-order valence-electron chi connectivity index (χ1n) is 9.43. The zero-order valence-electron chi connectivity index (χ0n) is 16.5. The molecule has 3 aromatic rings. The number of carbonyl (C=O) groups is 1. The average molecular weight is 381 g/mol. The number of aryl methyl sites for hydroxylation is 2. The van der Waals surface area contributed by atoms with Gasteiger partial charge in [-0.1, -0.05) is 66.7 Å². The van der Waals surface area contributed by atoms with Gasteiger partial charge in [-0.05, 0) is 48.2 Å². The Morgan fingerprint density at radius 1 is 0.897 bits per heavy atom. The van der Waals surface area contributed by atoms with Crippen LogP contribution in [0.4, 0.5) is 5.69 Å². The van der Waals surface area contributed by atoms with Gasteiger partial charge < -0.3 is 10.6 Å². The first-order chi connectivity index (χ1) is 14.1. The van der Waals surface area contributed by atoms with Crippen LogP contribution >= 0.6 is 0 Å². The van der Waals surface area contributed by atoms with Crippen molar-refractivity contribution in [1.82, 2.24) is 5.32 Å². The fourth-order valence-electron chi connectivity index (χ4n) is 2.99. The van der Waals surface area contributed by atoms with Gasteiger partial charge in [-0.25, -0.2) is 0 Å². The minimum Gasteiger partial charge on any atom is -0.360 e. The van der Waals surface area contributed by atoms with Gasteiger partial charge in [-0.3, -0.25) is 4.79 Å². The first kappa shape index (κ1) is 19.9. The highest BCUT2D eigenvalue weighted by Crippen LogP contribution is 2.22. The van der Waals surface area contributed by atoms with Crippen LogP contribution in [0, 0.1) is 25.2 Å². The lowest BCUT2D eigenvalue weighted by Gasteiger charge is -2.19. The van der Waals surface area contributed by atoms with Gasteiger partial charge in [0, 0.05) is 11.9 Å². The zero-order chi connectivity index (χ0) is 20.6. The number of hydrogen-bond acceptors (Lipinski definition) is 3. The molecule has 0 unspecified atom stereocenters. The van der Waals surface area contributed by atoms with Crippen molar-refractivity contribution in [2.75, 3.05) is 5.32 Å². The number of nitrogens with zero attached hydrogens (tertiary/aromatic N) is 1. The van der Waals surface area contributed by atoms with Crippen LogP contribution < -0.4 is 10.6 Å². The van der Waals surface area contributed by atoms with Crippen molar-refractivity contribution >= 4 is 11.6 Å². The quantitative estimate of drug-likeness (QED) is 0.465. The van der Waals surface area contributed by atoms with E-state index >= 15 is 0 Å². The number of anilines is 1. The highest BCUT2D eigenvalue weighted by Gasteiger charge is 2.19. The average Bonchev–Trinajstić information content (AvgIpc) is 2.76. The second-order valence-corrected chi connectivity index (χ2v) is 6.84. The van der Waals surface area contributed by atoms with E-state index < -0.39 is 5.91 Å². The van der Waals surface area contributed by atoms with Crippen LogP contribution in [0.2, 0.25) is 0 Å². The van der Waals surface area contributed by atoms with Crippen molar-refractivity contribution in [3.8, 4) is 6.07 Å². The van der Waals surface area contributed by atoms with Crippen molar-refractivity contribution in [3.63, 3.8) is 0 Å². The monoisotopic (exact) mass is 381 g/mol. The van der Waals surface area contributed by atoms with Crippen molar-refractivity contribution in [2.45, 2.75) is 19.9 Å². The summed E-state index contributed by atoms with van der Waals surface area (Å²) in [4.78, 5) is 12.8. The molecular formula is C25H23N3O. The summed E-state index contributed by atoms with van der Waals surface area (Å²) < 4.78 is 0. The Kier molecular flexibility index (Phi) is 6.44. The van der Waals surface area contributed by atoms with E-state index in [2.05, 4.69) is 10.6 Å². The van der Waals surface area contributed by atoms with Crippen molar-refractivity contribution in [3.05, 3.63) is 113 Å². The number of carbonyl (C=O) groups excluding carboxylic acids is 1. The fourth-order valence-corrected chi connectivity index (χ4v) is 2.99. The normalized spacial score (nSPS) is 11.0. The molecule has 0 aromatic heterocycles. The van der Waals surface area contributed by atoms with Crippen LogP contribution in [-0.2, 0) is 4.79 Å². The molecule has 3 rings (SSSR count). The first-order valence-corrected chi connectivity index (χ1v) is 9.43. The van der Waals surface area contributed by atoms with Crippen molar-refractivity contribution < 1.29 is 4.79 Å². The van der Waals surface area contributed by atoms with Gasteiger partial charge >= 0.3 is 0 Å². The van der Waals surface area contributed by atoms with Crippen LogP contribution in [0.25, 0.3) is 0 Å². The van der Waals surface area contributed by atoms with E-state index in [1.807, 2.05) is 98.8 Å². The van der Waals surface area contributed by atoms with Gasteiger partial charge in [0.15, 0.2) is 0 Å². The van der Waals surface area contributed by atoms with Gasteiger partial charge in [0.05, 0.1) is 6.04 Å². The van der Waals surface area contributed by atoms with Gasteiger partial charge in [0.2, 0.25) is 0 Å². The molecule has 0 aliphatic carbocycles. The van der Waals surface area contributed by atoms with E-state index in [1.165, 1.54) is 11.8 Å². The predicted octanol–water partition coefficient (Wildman–Crippen LogP) is 5.03. The topological polar surface area (TPSA) is 64.9 Å². The Balaban J connectivity index is 1.82. The van der Waals surface area contributed by atoms with E-state index in [9.17, 15) is 10.1 Å². The Labute approximate surface area is 171 Å². The van der Waals surface area contributed by atoms with Gasteiger partial charge in [-0.2, -0.15) is 5.26 Å². The third-order valence-corrected chi connectivity index (χ3v) is 4.80. The Hall–Kier alpha value is -3.84. The van der Waals surface area contributed by atoms with Gasteiger partial charge in [-0.15, -0.1) is 0 Å². The van der Waals surface area contributed by atoms with Crippen LogP contribution in [0.5, 0.6) is 0 Å². The molecule has 29 heavy (non-hydrogen) atoms. The minimum atomic E-state index is -0.429. The van der Waals surface area contributed by atoms with E-state index in [0.29, 0.717) is 0 Å². The summed E-state index contributed by atoms with van der Waals surface area (Å²) >= 11 is 0. The zero-order valence-corrected chi connectivity index (χ0v) is 16.5. The van der Waals surface area contributed by atoms with Gasteiger partial charge in [0.25, 0.3) is 5.91 Å². The molecule has 2 N–H and O–H groups in total. The molecule has 0 fully saturated rings. The van der Waals surface area contributed by atoms with E-state index in [-0.39, 0.29) is 11.6 Å². The number of nitrogens with one attached hydrogen (secondary N) is 2. The lowest BCUT2D eigenvalue weighted by atomic mass is 9.98. The summed E-state index contributed by atoms with van der Waals surface area (Å²) in [5.74, 6) is -0.429. The molecular weight excluding hydrogens is 358 g/mol. The van der Waals surface area contributed by atoms with Crippen LogP contribution in [0.1, 0.15) is 28.3 Å². The third kappa shape index (κ3) is 5.12. The largest absolute Gasteiger partial charge is 0.360 e. The molecule has 0 aliphatic heterocycles. The second-order valence-electron chi connectivity index (χ2n) is 6.84. The molecule has 3 aromatic carbocycles. The summed E-state index contributed by atoms with van der Waals surface area (Å²) in [6.45, 7) is 4.06. The summed E-state index contributed by atoms with van der Waals surface area (Å²) in [6, 6.07) is 27.0. The Morgan fingerprint density at radius 2 is 1.48 bits per heavy atom. The molecule has 0 saturated carbocycles. The van der Waals surface area contributed by atoms with Crippen molar-refractivity contribution in [1.29, 1.82) is 5.26 Å². The van der Waals surface area contributed by atoms with Gasteiger partial charge in [0.1, 0.15) is 11.6 Å². The van der Waals surface area contributed by atoms with E-state index in [0.717, 1.165) is 22.4 Å². The SMILES string of the molecule is Cc1ccc(N/C=C(/C#N)C(=O)NC(c2ccccc2)c2ccccc2)cc1C. The lowest BCUT2D eigenvalue weighted by Crippen LogP contribution is -2.30. The molecule has 1 amide bonds. The number of nitriles is 1. The molecule has 0 heterocycles. The number of benzene rings is 3. The molecule has 0 atom stereocenters. The Bertz CT molecular complexity index is 1010. The maximum Gasteiger partial charge on any atom is 0.264 e. The van der Waals surface area contributed by atoms with Crippen LogP contribution in [0.15, 0.2) is 90.6 Å². The molecule has 0 spiro atoms. The number of amides is 1. The predicted molar refractivity (Wildman–Crippen MR) is 116 cm³/mol. The molecule has 0 radical (unpaired) electrons. The second kappa shape index (κ2) is 9.38. The third-order valence-electron chi connectivity index (χ3n) is 4.80. The minimum absolute atomic E-state index is 0.0140. The molecule has 4 heteroatoms. The molecule has 0 saturated heterocycles. The smallest absolute Gasteiger partial charge is 0.264 e. The van der Waals surface area contributed by atoms with E-state index in [4.69, 9.17) is 0 Å². The highest BCUT2D eigenvalue weighted by atomic mass is 16.1. The maximum absolute atomic E-state index is 12.8. The molecule has 0 aliphatic rings. The number of rotatable bonds is 6. The molecule has 144 valence electrons. The molecule has 4 nitrogen and oxygen atoms in total. The van der Waals surface area contributed by atoms with Crippen LogP contribution in [-0.4, -0.2) is 5.91 Å². The fraction of sp³-hybridized carbons (Fsp3) is 0.120.